The van der Waals surface area contributed by atoms with E-state index in [0.29, 0.717) is 0 Å². The first-order chi connectivity index (χ1) is 10.1. The second-order valence-electron chi connectivity index (χ2n) is 5.19. The molecule has 1 aromatic carbocycles. The molecule has 0 amide bonds. The zero-order valence-corrected chi connectivity index (χ0v) is 13.6. The van der Waals surface area contributed by atoms with E-state index in [1.165, 1.54) is 11.1 Å². The van der Waals surface area contributed by atoms with Crippen molar-refractivity contribution in [2.24, 2.45) is 0 Å². The first-order valence-electron chi connectivity index (χ1n) is 6.80. The van der Waals surface area contributed by atoms with Gasteiger partial charge in [0, 0.05) is 30.5 Å². The molecule has 3 aromatic rings. The van der Waals surface area contributed by atoms with Crippen molar-refractivity contribution in [2.45, 2.75) is 13.5 Å². The van der Waals surface area contributed by atoms with Crippen LogP contribution in [0.1, 0.15) is 11.1 Å². The molecule has 0 unspecified atom stereocenters. The molecule has 0 radical (unpaired) electrons. The van der Waals surface area contributed by atoms with Gasteiger partial charge in [0.15, 0.2) is 0 Å². The van der Waals surface area contributed by atoms with Crippen molar-refractivity contribution in [3.63, 3.8) is 0 Å². The molecule has 3 nitrogen and oxygen atoms in total. The van der Waals surface area contributed by atoms with E-state index in [4.69, 9.17) is 0 Å². The minimum Gasteiger partial charge on any atom is -0.368 e. The van der Waals surface area contributed by atoms with Crippen LogP contribution in [-0.4, -0.2) is 17.0 Å². The molecule has 0 aliphatic rings. The van der Waals surface area contributed by atoms with E-state index in [0.717, 1.165) is 27.7 Å². The van der Waals surface area contributed by atoms with Crippen molar-refractivity contribution in [3.8, 4) is 0 Å². The van der Waals surface area contributed by atoms with Gasteiger partial charge in [0.25, 0.3) is 0 Å². The van der Waals surface area contributed by atoms with Crippen LogP contribution in [0.3, 0.4) is 0 Å². The Hall–Kier alpha value is -1.94. The average Bonchev–Trinajstić information content (AvgIpc) is 2.48. The number of hydrogen-bond donors (Lipinski definition) is 0. The van der Waals surface area contributed by atoms with E-state index in [9.17, 15) is 0 Å². The van der Waals surface area contributed by atoms with Crippen molar-refractivity contribution < 1.29 is 0 Å². The van der Waals surface area contributed by atoms with Crippen molar-refractivity contribution in [1.82, 2.24) is 9.97 Å². The summed E-state index contributed by atoms with van der Waals surface area (Å²) in [5.74, 6) is 0. The van der Waals surface area contributed by atoms with E-state index < -0.39 is 0 Å². The van der Waals surface area contributed by atoms with Crippen LogP contribution >= 0.6 is 15.9 Å². The van der Waals surface area contributed by atoms with Crippen molar-refractivity contribution in [3.05, 3.63) is 64.4 Å². The lowest BCUT2D eigenvalue weighted by atomic mass is 10.1. The van der Waals surface area contributed by atoms with Crippen LogP contribution in [-0.2, 0) is 6.54 Å². The van der Waals surface area contributed by atoms with Gasteiger partial charge >= 0.3 is 0 Å². The fourth-order valence-electron chi connectivity index (χ4n) is 2.35. The minimum absolute atomic E-state index is 0.844. The Labute approximate surface area is 132 Å². The second kappa shape index (κ2) is 5.82. The first-order valence-corrected chi connectivity index (χ1v) is 7.60. The van der Waals surface area contributed by atoms with Gasteiger partial charge in [0.2, 0.25) is 0 Å². The first kappa shape index (κ1) is 14.0. The van der Waals surface area contributed by atoms with E-state index in [1.54, 1.807) is 0 Å². The van der Waals surface area contributed by atoms with Gasteiger partial charge in [-0.2, -0.15) is 0 Å². The van der Waals surface area contributed by atoms with E-state index >= 15 is 0 Å². The van der Waals surface area contributed by atoms with Gasteiger partial charge in [-0.15, -0.1) is 0 Å². The fourth-order valence-corrected chi connectivity index (χ4v) is 2.67. The van der Waals surface area contributed by atoms with Crippen LogP contribution in [0, 0.1) is 6.92 Å². The van der Waals surface area contributed by atoms with Crippen LogP contribution in [0.5, 0.6) is 0 Å². The Balaban J connectivity index is 1.94. The Morgan fingerprint density at radius 3 is 2.62 bits per heavy atom. The summed E-state index contributed by atoms with van der Waals surface area (Å²) in [6.45, 7) is 2.95. The number of pyridine rings is 2. The third-order valence-corrected chi connectivity index (χ3v) is 3.91. The highest BCUT2D eigenvalue weighted by molar-refractivity contribution is 9.10. The Kier molecular flexibility index (Phi) is 3.88. The number of aromatic nitrogens is 2. The summed E-state index contributed by atoms with van der Waals surface area (Å²) in [7, 11) is 2.08. The van der Waals surface area contributed by atoms with Crippen molar-refractivity contribution in [2.75, 3.05) is 11.9 Å². The standard InChI is InChI=1S/C17H16BrN3/c1-12-3-5-13(6-4-12)11-21(2)16-7-8-19-15-9-14(18)10-20-17(15)16/h3-10H,11H2,1-2H3. The summed E-state index contributed by atoms with van der Waals surface area (Å²) < 4.78 is 0.945. The molecule has 21 heavy (non-hydrogen) atoms. The summed E-state index contributed by atoms with van der Waals surface area (Å²) >= 11 is 3.44. The zero-order chi connectivity index (χ0) is 14.8. The fraction of sp³-hybridized carbons (Fsp3) is 0.176. The highest BCUT2D eigenvalue weighted by Gasteiger charge is 2.09. The zero-order valence-electron chi connectivity index (χ0n) is 12.0. The predicted octanol–water partition coefficient (Wildman–Crippen LogP) is 4.34. The maximum atomic E-state index is 4.51. The van der Waals surface area contributed by atoms with Gasteiger partial charge in [0.05, 0.1) is 11.2 Å². The van der Waals surface area contributed by atoms with Crippen LogP contribution in [0.2, 0.25) is 0 Å². The molecule has 106 valence electrons. The molecule has 0 fully saturated rings. The Morgan fingerprint density at radius 2 is 1.86 bits per heavy atom. The normalized spacial score (nSPS) is 10.8. The van der Waals surface area contributed by atoms with Crippen LogP contribution in [0.25, 0.3) is 11.0 Å². The molecule has 0 aliphatic carbocycles. The number of hydrogen-bond acceptors (Lipinski definition) is 3. The third-order valence-electron chi connectivity index (χ3n) is 3.47. The molecule has 0 aliphatic heterocycles. The molecule has 2 heterocycles. The van der Waals surface area contributed by atoms with Crippen molar-refractivity contribution in [1.29, 1.82) is 0 Å². The molecule has 0 saturated carbocycles. The van der Waals surface area contributed by atoms with E-state index in [1.807, 2.05) is 24.5 Å². The van der Waals surface area contributed by atoms with E-state index in [2.05, 4.69) is 69.0 Å². The SMILES string of the molecule is Cc1ccc(CN(C)c2ccnc3cc(Br)cnc23)cc1. The molecule has 2 aromatic heterocycles. The number of halogens is 1. The summed E-state index contributed by atoms with van der Waals surface area (Å²) in [6, 6.07) is 12.6. The minimum atomic E-state index is 0.844. The second-order valence-corrected chi connectivity index (χ2v) is 6.11. The predicted molar refractivity (Wildman–Crippen MR) is 90.5 cm³/mol. The van der Waals surface area contributed by atoms with Crippen molar-refractivity contribution >= 4 is 32.7 Å². The molecule has 3 rings (SSSR count). The maximum absolute atomic E-state index is 4.51. The van der Waals surface area contributed by atoms with Gasteiger partial charge in [-0.3, -0.25) is 9.97 Å². The van der Waals surface area contributed by atoms with Crippen LogP contribution < -0.4 is 4.90 Å². The lowest BCUT2D eigenvalue weighted by Crippen LogP contribution is -2.17. The molecule has 4 heteroatoms. The quantitative estimate of drug-likeness (QED) is 0.709. The van der Waals surface area contributed by atoms with Gasteiger partial charge in [-0.05, 0) is 40.5 Å². The van der Waals surface area contributed by atoms with Crippen LogP contribution in [0.4, 0.5) is 5.69 Å². The maximum Gasteiger partial charge on any atom is 0.112 e. The Morgan fingerprint density at radius 1 is 1.10 bits per heavy atom. The van der Waals surface area contributed by atoms with Gasteiger partial charge in [-0.25, -0.2) is 0 Å². The molecule has 0 N–H and O–H groups in total. The number of nitrogens with zero attached hydrogens (tertiary/aromatic N) is 3. The highest BCUT2D eigenvalue weighted by atomic mass is 79.9. The molecular weight excluding hydrogens is 326 g/mol. The lowest BCUT2D eigenvalue weighted by molar-refractivity contribution is 0.924. The molecule has 0 atom stereocenters. The smallest absolute Gasteiger partial charge is 0.112 e. The summed E-state index contributed by atoms with van der Waals surface area (Å²) in [5.41, 5.74) is 5.48. The number of anilines is 1. The number of fused-ring (bicyclic) bond motifs is 1. The average molecular weight is 342 g/mol. The summed E-state index contributed by atoms with van der Waals surface area (Å²) in [5, 5.41) is 0. The summed E-state index contributed by atoms with van der Waals surface area (Å²) in [6.07, 6.45) is 3.64. The summed E-state index contributed by atoms with van der Waals surface area (Å²) in [4.78, 5) is 11.1. The Bertz CT molecular complexity index is 769. The van der Waals surface area contributed by atoms with Gasteiger partial charge < -0.3 is 4.90 Å². The third kappa shape index (κ3) is 3.05. The largest absolute Gasteiger partial charge is 0.368 e. The number of benzene rings is 1. The van der Waals surface area contributed by atoms with Gasteiger partial charge in [0.1, 0.15) is 5.52 Å². The monoisotopic (exact) mass is 341 g/mol. The molecular formula is C17H16BrN3. The topological polar surface area (TPSA) is 29.0 Å². The lowest BCUT2D eigenvalue weighted by Gasteiger charge is -2.20. The molecule has 0 bridgehead atoms. The molecule has 0 saturated heterocycles. The number of aryl methyl sites for hydroxylation is 1. The van der Waals surface area contributed by atoms with E-state index in [-0.39, 0.29) is 0 Å². The van der Waals surface area contributed by atoms with Gasteiger partial charge in [-0.1, -0.05) is 29.8 Å². The highest BCUT2D eigenvalue weighted by Crippen LogP contribution is 2.25. The molecule has 0 spiro atoms. The number of rotatable bonds is 3. The van der Waals surface area contributed by atoms with Crippen LogP contribution in [0.15, 0.2) is 53.3 Å².